The van der Waals surface area contributed by atoms with E-state index in [1.807, 2.05) is 19.2 Å². The van der Waals surface area contributed by atoms with E-state index in [4.69, 9.17) is 0 Å². The standard InChI is InChI=1S/C16H17F2NO2S/c1-19-7-6-15(5-4-11(20)9-14(15)19)10-2-3-12-13(8-10)22-16(17,18)21-12/h2-3,8,14H,4-7,9H2,1H3/t14?,15-/m0/s1. The van der Waals surface area contributed by atoms with Crippen LogP contribution in [0.2, 0.25) is 0 Å². The molecule has 2 fully saturated rings. The molecular weight excluding hydrogens is 308 g/mol. The Kier molecular flexibility index (Phi) is 3.07. The van der Waals surface area contributed by atoms with Crippen LogP contribution < -0.4 is 4.74 Å². The first-order chi connectivity index (χ1) is 10.4. The number of fused-ring (bicyclic) bond motifs is 2. The number of likely N-dealkylation sites (tertiary alicyclic amines) is 1. The molecule has 1 unspecified atom stereocenters. The average Bonchev–Trinajstić information content (AvgIpc) is 2.95. The van der Waals surface area contributed by atoms with Crippen LogP contribution in [0.1, 0.15) is 31.2 Å². The third-order valence-electron chi connectivity index (χ3n) is 5.33. The summed E-state index contributed by atoms with van der Waals surface area (Å²) < 4.78 is 31.4. The van der Waals surface area contributed by atoms with Crippen molar-refractivity contribution in [1.82, 2.24) is 4.90 Å². The molecule has 3 aliphatic rings. The molecule has 2 atom stereocenters. The Morgan fingerprint density at radius 3 is 3.00 bits per heavy atom. The molecule has 6 heteroatoms. The number of Topliss-reactive ketones (excluding diaryl/α,β-unsaturated/α-hetero) is 1. The largest absolute Gasteiger partial charge is 0.457 e. The second-order valence-corrected chi connectivity index (χ2v) is 7.59. The Bertz CT molecular complexity index is 651. The first kappa shape index (κ1) is 14.5. The number of alkyl halides is 2. The number of thioether (sulfide) groups is 1. The van der Waals surface area contributed by atoms with Gasteiger partial charge in [-0.2, -0.15) is 8.78 Å². The van der Waals surface area contributed by atoms with Gasteiger partial charge in [0.1, 0.15) is 11.5 Å². The minimum atomic E-state index is -3.17. The summed E-state index contributed by atoms with van der Waals surface area (Å²) in [6, 6.07) is 5.59. The Labute approximate surface area is 132 Å². The number of hydrogen-bond acceptors (Lipinski definition) is 4. The lowest BCUT2D eigenvalue weighted by Crippen LogP contribution is -2.46. The summed E-state index contributed by atoms with van der Waals surface area (Å²) in [7, 11) is 2.05. The smallest absolute Gasteiger partial charge is 0.423 e. The first-order valence-electron chi connectivity index (χ1n) is 7.52. The molecule has 0 bridgehead atoms. The molecule has 2 aliphatic heterocycles. The molecule has 1 aromatic rings. The monoisotopic (exact) mass is 325 g/mol. The van der Waals surface area contributed by atoms with E-state index in [0.717, 1.165) is 24.9 Å². The molecule has 2 heterocycles. The van der Waals surface area contributed by atoms with Crippen LogP contribution in [0.5, 0.6) is 5.75 Å². The fraction of sp³-hybridized carbons (Fsp3) is 0.562. The van der Waals surface area contributed by atoms with Crippen LogP contribution in [0, 0.1) is 0 Å². The number of likely N-dealkylation sites (N-methyl/N-ethyl adjacent to an activating group) is 1. The zero-order chi connectivity index (χ0) is 15.5. The van der Waals surface area contributed by atoms with Gasteiger partial charge < -0.3 is 9.64 Å². The number of benzene rings is 1. The molecule has 118 valence electrons. The summed E-state index contributed by atoms with van der Waals surface area (Å²) >= 11 is 0.468. The molecule has 1 aromatic carbocycles. The number of carbonyl (C=O) groups is 1. The molecule has 22 heavy (non-hydrogen) atoms. The maximum absolute atomic E-state index is 13.4. The average molecular weight is 325 g/mol. The van der Waals surface area contributed by atoms with E-state index in [-0.39, 0.29) is 17.2 Å². The summed E-state index contributed by atoms with van der Waals surface area (Å²) in [5.74, 6) is 0.560. The van der Waals surface area contributed by atoms with Gasteiger partial charge in [-0.3, -0.25) is 4.79 Å². The van der Waals surface area contributed by atoms with Crippen molar-refractivity contribution < 1.29 is 18.3 Å². The van der Waals surface area contributed by atoms with Gasteiger partial charge in [0.2, 0.25) is 0 Å². The fourth-order valence-corrected chi connectivity index (χ4v) is 4.97. The Morgan fingerprint density at radius 2 is 2.18 bits per heavy atom. The van der Waals surface area contributed by atoms with Crippen LogP contribution >= 0.6 is 11.8 Å². The van der Waals surface area contributed by atoms with Gasteiger partial charge in [0.15, 0.2) is 0 Å². The number of carbonyl (C=O) groups excluding carboxylic acids is 1. The van der Waals surface area contributed by atoms with Gasteiger partial charge in [-0.15, -0.1) is 0 Å². The van der Waals surface area contributed by atoms with Gasteiger partial charge in [0.05, 0.1) is 4.90 Å². The number of nitrogens with zero attached hydrogens (tertiary/aromatic N) is 1. The number of rotatable bonds is 1. The Balaban J connectivity index is 1.74. The van der Waals surface area contributed by atoms with Gasteiger partial charge in [-0.05, 0) is 55.9 Å². The van der Waals surface area contributed by atoms with Crippen LogP contribution in [-0.2, 0) is 10.2 Å². The molecule has 0 spiro atoms. The van der Waals surface area contributed by atoms with Crippen molar-refractivity contribution >= 4 is 17.5 Å². The summed E-state index contributed by atoms with van der Waals surface area (Å²) in [5.41, 5.74) is -2.19. The lowest BCUT2D eigenvalue weighted by molar-refractivity contribution is -0.122. The minimum absolute atomic E-state index is 0.0872. The van der Waals surface area contributed by atoms with Crippen LogP contribution in [0.15, 0.2) is 23.1 Å². The van der Waals surface area contributed by atoms with Gasteiger partial charge in [0, 0.05) is 24.3 Å². The van der Waals surface area contributed by atoms with E-state index >= 15 is 0 Å². The highest BCUT2D eigenvalue weighted by atomic mass is 32.2. The maximum Gasteiger partial charge on any atom is 0.457 e. The van der Waals surface area contributed by atoms with Gasteiger partial charge in [-0.25, -0.2) is 0 Å². The van der Waals surface area contributed by atoms with Gasteiger partial charge in [-0.1, -0.05) is 6.07 Å². The van der Waals surface area contributed by atoms with Gasteiger partial charge >= 0.3 is 5.44 Å². The minimum Gasteiger partial charge on any atom is -0.423 e. The van der Waals surface area contributed by atoms with Crippen LogP contribution in [0.4, 0.5) is 8.78 Å². The molecule has 1 saturated carbocycles. The second-order valence-electron chi connectivity index (χ2n) is 6.47. The summed E-state index contributed by atoms with van der Waals surface area (Å²) in [5, 5.41) is 0. The van der Waals surface area contributed by atoms with E-state index in [1.165, 1.54) is 0 Å². The van der Waals surface area contributed by atoms with E-state index in [0.29, 0.717) is 35.3 Å². The predicted octanol–water partition coefficient (Wildman–Crippen LogP) is 3.42. The van der Waals surface area contributed by atoms with Crippen molar-refractivity contribution in [3.63, 3.8) is 0 Å². The van der Waals surface area contributed by atoms with Crippen LogP contribution in [0.25, 0.3) is 0 Å². The molecule has 0 N–H and O–H groups in total. The highest BCUT2D eigenvalue weighted by molar-refractivity contribution is 8.00. The van der Waals surface area contributed by atoms with Crippen molar-refractivity contribution in [3.05, 3.63) is 23.8 Å². The maximum atomic E-state index is 13.4. The van der Waals surface area contributed by atoms with Crippen molar-refractivity contribution in [2.75, 3.05) is 13.6 Å². The van der Waals surface area contributed by atoms with Crippen molar-refractivity contribution in [2.24, 2.45) is 0 Å². The second kappa shape index (κ2) is 4.68. The molecule has 0 aromatic heterocycles. The number of hydrogen-bond donors (Lipinski definition) is 0. The highest BCUT2D eigenvalue weighted by Crippen LogP contribution is 2.53. The zero-order valence-electron chi connectivity index (χ0n) is 12.3. The predicted molar refractivity (Wildman–Crippen MR) is 79.4 cm³/mol. The Morgan fingerprint density at radius 1 is 1.36 bits per heavy atom. The topological polar surface area (TPSA) is 29.5 Å². The van der Waals surface area contributed by atoms with Crippen LogP contribution in [-0.4, -0.2) is 35.8 Å². The summed E-state index contributed by atoms with van der Waals surface area (Å²) in [6.07, 6.45) is 2.93. The fourth-order valence-electron chi connectivity index (χ4n) is 4.18. The van der Waals surface area contributed by atoms with E-state index < -0.39 is 5.44 Å². The third kappa shape index (κ3) is 2.07. The highest BCUT2D eigenvalue weighted by Gasteiger charge is 2.51. The normalized spacial score (nSPS) is 33.4. The molecule has 1 saturated heterocycles. The summed E-state index contributed by atoms with van der Waals surface area (Å²) in [6.45, 7) is 0.939. The molecular formula is C16H17F2NO2S. The van der Waals surface area contributed by atoms with E-state index in [9.17, 15) is 13.6 Å². The molecule has 1 aliphatic carbocycles. The SMILES string of the molecule is CN1CC[C@]2(c3ccc4c(c3)SC(F)(F)O4)CCC(=O)CC12. The summed E-state index contributed by atoms with van der Waals surface area (Å²) in [4.78, 5) is 14.6. The Hall–Kier alpha value is -1.14. The van der Waals surface area contributed by atoms with Crippen molar-refractivity contribution in [1.29, 1.82) is 0 Å². The quantitative estimate of drug-likeness (QED) is 0.791. The van der Waals surface area contributed by atoms with Crippen molar-refractivity contribution in [3.8, 4) is 5.75 Å². The van der Waals surface area contributed by atoms with E-state index in [1.54, 1.807) is 6.07 Å². The molecule has 4 rings (SSSR count). The number of halogens is 2. The molecule has 3 nitrogen and oxygen atoms in total. The van der Waals surface area contributed by atoms with Crippen molar-refractivity contribution in [2.45, 2.75) is 47.5 Å². The van der Waals surface area contributed by atoms with Gasteiger partial charge in [0.25, 0.3) is 0 Å². The third-order valence-corrected chi connectivity index (χ3v) is 6.19. The first-order valence-corrected chi connectivity index (χ1v) is 8.34. The van der Waals surface area contributed by atoms with E-state index in [2.05, 4.69) is 9.64 Å². The molecule has 0 radical (unpaired) electrons. The lowest BCUT2D eigenvalue weighted by Gasteiger charge is -2.41. The number of ketones is 1. The molecule has 0 amide bonds. The zero-order valence-corrected chi connectivity index (χ0v) is 13.1. The lowest BCUT2D eigenvalue weighted by atomic mass is 9.66. The van der Waals surface area contributed by atoms with Crippen LogP contribution in [0.3, 0.4) is 0 Å². The number of ether oxygens (including phenoxy) is 1.